The Morgan fingerprint density at radius 2 is 2.04 bits per heavy atom. The number of halogens is 3. The maximum atomic E-state index is 13.7. The number of aromatic amines is 1. The number of fused-ring (bicyclic) bond motifs is 1. The van der Waals surface area contributed by atoms with E-state index in [1.165, 1.54) is 15.9 Å². The minimum atomic E-state index is -4.68. The van der Waals surface area contributed by atoms with E-state index in [-0.39, 0.29) is 16.1 Å². The van der Waals surface area contributed by atoms with Gasteiger partial charge in [-0.2, -0.15) is 13.2 Å². The second-order valence-electron chi connectivity index (χ2n) is 6.14. The van der Waals surface area contributed by atoms with Crippen LogP contribution in [0.2, 0.25) is 0 Å². The van der Waals surface area contributed by atoms with Gasteiger partial charge in [0.1, 0.15) is 5.65 Å². The predicted molar refractivity (Wildman–Crippen MR) is 104 cm³/mol. The lowest BCUT2D eigenvalue weighted by Crippen LogP contribution is -2.20. The van der Waals surface area contributed by atoms with E-state index in [4.69, 9.17) is 12.2 Å². The summed E-state index contributed by atoms with van der Waals surface area (Å²) >= 11 is 6.58. The van der Waals surface area contributed by atoms with Crippen molar-refractivity contribution in [1.29, 1.82) is 0 Å². The number of H-pyrrole nitrogens is 1. The second kappa shape index (κ2) is 7.55. The number of nitrogens with one attached hydrogen (secondary N) is 1. The molecule has 4 nitrogen and oxygen atoms in total. The molecule has 0 aliphatic heterocycles. The normalized spacial score (nSPS) is 12.0. The molecular formula is C18H18F3N3OS2. The Balaban J connectivity index is 2.40. The van der Waals surface area contributed by atoms with E-state index in [0.29, 0.717) is 17.8 Å². The van der Waals surface area contributed by atoms with Gasteiger partial charge in [-0.05, 0) is 43.3 Å². The van der Waals surface area contributed by atoms with Gasteiger partial charge in [-0.25, -0.2) is 4.98 Å². The lowest BCUT2D eigenvalue weighted by atomic mass is 10.1. The van der Waals surface area contributed by atoms with Gasteiger partial charge in [0.2, 0.25) is 0 Å². The van der Waals surface area contributed by atoms with E-state index in [2.05, 4.69) is 9.97 Å². The third-order valence-corrected chi connectivity index (χ3v) is 5.83. The van der Waals surface area contributed by atoms with Crippen molar-refractivity contribution in [1.82, 2.24) is 14.5 Å². The van der Waals surface area contributed by atoms with Crippen molar-refractivity contribution < 1.29 is 13.2 Å². The Morgan fingerprint density at radius 1 is 1.30 bits per heavy atom. The first-order chi connectivity index (χ1) is 12.8. The fourth-order valence-electron chi connectivity index (χ4n) is 2.85. The zero-order valence-corrected chi connectivity index (χ0v) is 16.4. The fourth-order valence-corrected chi connectivity index (χ4v) is 4.03. The van der Waals surface area contributed by atoms with Gasteiger partial charge in [-0.15, -0.1) is 11.3 Å². The summed E-state index contributed by atoms with van der Waals surface area (Å²) in [5.74, 6) is 0. The van der Waals surface area contributed by atoms with Crippen molar-refractivity contribution in [3.63, 3.8) is 0 Å². The van der Waals surface area contributed by atoms with Gasteiger partial charge in [0.05, 0.1) is 21.5 Å². The summed E-state index contributed by atoms with van der Waals surface area (Å²) in [4.78, 5) is 20.8. The lowest BCUT2D eigenvalue weighted by Gasteiger charge is -2.15. The predicted octanol–water partition coefficient (Wildman–Crippen LogP) is 5.56. The maximum Gasteiger partial charge on any atom is 0.417 e. The number of aromatic nitrogens is 3. The Labute approximate surface area is 162 Å². The van der Waals surface area contributed by atoms with Gasteiger partial charge in [-0.3, -0.25) is 9.78 Å². The molecule has 0 aromatic carbocycles. The highest BCUT2D eigenvalue weighted by Gasteiger charge is 2.35. The SMILES string of the molecule is CCCCn1c(=S)[nH]c(=O)c2c(C(F)(F)F)cc(-c3ccc(CC)s3)nc21. The molecule has 0 spiro atoms. The van der Waals surface area contributed by atoms with Crippen molar-refractivity contribution in [2.75, 3.05) is 0 Å². The zero-order chi connectivity index (χ0) is 19.8. The first-order valence-electron chi connectivity index (χ1n) is 8.60. The molecular weight excluding hydrogens is 395 g/mol. The molecule has 0 radical (unpaired) electrons. The average molecular weight is 413 g/mol. The van der Waals surface area contributed by atoms with E-state index in [1.807, 2.05) is 19.9 Å². The second-order valence-corrected chi connectivity index (χ2v) is 7.69. The standard InChI is InChI=1S/C18H18F3N3OS2/c1-3-5-8-24-15-14(16(25)23-17(24)26)11(18(19,20)21)9-12(22-15)13-7-6-10(4-2)27-13/h6-7,9H,3-5,8H2,1-2H3,(H,23,25,26). The zero-order valence-electron chi connectivity index (χ0n) is 14.8. The van der Waals surface area contributed by atoms with Crippen molar-refractivity contribution in [3.8, 4) is 10.6 Å². The maximum absolute atomic E-state index is 13.7. The van der Waals surface area contributed by atoms with Crippen LogP contribution in [0.5, 0.6) is 0 Å². The molecule has 3 rings (SSSR count). The van der Waals surface area contributed by atoms with Gasteiger partial charge >= 0.3 is 6.18 Å². The van der Waals surface area contributed by atoms with Crippen molar-refractivity contribution in [3.05, 3.63) is 43.8 Å². The van der Waals surface area contributed by atoms with E-state index >= 15 is 0 Å². The molecule has 3 heterocycles. The molecule has 0 saturated heterocycles. The third kappa shape index (κ3) is 3.84. The van der Waals surface area contributed by atoms with Crippen LogP contribution in [0.25, 0.3) is 21.6 Å². The molecule has 3 aromatic heterocycles. The van der Waals surface area contributed by atoms with Crippen LogP contribution in [0.3, 0.4) is 0 Å². The van der Waals surface area contributed by atoms with Crippen LogP contribution in [0.1, 0.15) is 37.1 Å². The molecule has 0 saturated carbocycles. The van der Waals surface area contributed by atoms with Crippen LogP contribution in [0.4, 0.5) is 13.2 Å². The van der Waals surface area contributed by atoms with Crippen LogP contribution in [0.15, 0.2) is 23.0 Å². The first-order valence-corrected chi connectivity index (χ1v) is 9.82. The van der Waals surface area contributed by atoms with Crippen molar-refractivity contribution in [2.24, 2.45) is 0 Å². The molecule has 0 atom stereocenters. The third-order valence-electron chi connectivity index (χ3n) is 4.25. The first kappa shape index (κ1) is 19.8. The number of aryl methyl sites for hydroxylation is 2. The molecule has 0 amide bonds. The highest BCUT2D eigenvalue weighted by molar-refractivity contribution is 7.71. The molecule has 0 fully saturated rings. The molecule has 27 heavy (non-hydrogen) atoms. The number of hydrogen-bond donors (Lipinski definition) is 1. The Hall–Kier alpha value is -2.00. The molecule has 0 bridgehead atoms. The van der Waals surface area contributed by atoms with E-state index in [1.54, 1.807) is 6.07 Å². The molecule has 9 heteroatoms. The Bertz CT molecular complexity index is 1100. The van der Waals surface area contributed by atoms with Crippen LogP contribution in [-0.2, 0) is 19.1 Å². The topological polar surface area (TPSA) is 50.7 Å². The number of hydrogen-bond acceptors (Lipinski definition) is 4. The summed E-state index contributed by atoms with van der Waals surface area (Å²) in [7, 11) is 0. The van der Waals surface area contributed by atoms with E-state index < -0.39 is 22.7 Å². The summed E-state index contributed by atoms with van der Waals surface area (Å²) in [5, 5.41) is -0.469. The van der Waals surface area contributed by atoms with Crippen LogP contribution < -0.4 is 5.56 Å². The number of pyridine rings is 1. The Kier molecular flexibility index (Phi) is 5.53. The van der Waals surface area contributed by atoms with Gasteiger partial charge in [0.25, 0.3) is 5.56 Å². The summed E-state index contributed by atoms with van der Waals surface area (Å²) in [6.45, 7) is 4.34. The molecule has 0 unspecified atom stereocenters. The van der Waals surface area contributed by atoms with Crippen LogP contribution in [0, 0.1) is 4.77 Å². The summed E-state index contributed by atoms with van der Waals surface area (Å²) in [5.41, 5.74) is -1.68. The molecule has 3 aromatic rings. The number of thiophene rings is 1. The number of nitrogens with zero attached hydrogens (tertiary/aromatic N) is 2. The molecule has 144 valence electrons. The minimum Gasteiger partial charge on any atom is -0.302 e. The van der Waals surface area contributed by atoms with Gasteiger partial charge in [-0.1, -0.05) is 20.3 Å². The van der Waals surface area contributed by atoms with Gasteiger partial charge in [0.15, 0.2) is 4.77 Å². The summed E-state index contributed by atoms with van der Waals surface area (Å²) in [6, 6.07) is 4.59. The number of alkyl halides is 3. The quantitative estimate of drug-likeness (QED) is 0.557. The molecule has 0 aliphatic carbocycles. The lowest BCUT2D eigenvalue weighted by molar-refractivity contribution is -0.136. The Morgan fingerprint density at radius 3 is 2.63 bits per heavy atom. The van der Waals surface area contributed by atoms with Crippen molar-refractivity contribution >= 4 is 34.6 Å². The monoisotopic (exact) mass is 413 g/mol. The van der Waals surface area contributed by atoms with Crippen LogP contribution in [-0.4, -0.2) is 14.5 Å². The van der Waals surface area contributed by atoms with Crippen molar-refractivity contribution in [2.45, 2.75) is 45.8 Å². The largest absolute Gasteiger partial charge is 0.417 e. The van der Waals surface area contributed by atoms with E-state index in [0.717, 1.165) is 23.8 Å². The highest BCUT2D eigenvalue weighted by Crippen LogP contribution is 2.37. The highest BCUT2D eigenvalue weighted by atomic mass is 32.1. The van der Waals surface area contributed by atoms with Crippen LogP contribution >= 0.6 is 23.6 Å². The number of unbranched alkanes of at least 4 members (excludes halogenated alkanes) is 1. The smallest absolute Gasteiger partial charge is 0.302 e. The molecule has 0 aliphatic rings. The minimum absolute atomic E-state index is 0.0199. The van der Waals surface area contributed by atoms with Gasteiger partial charge in [0, 0.05) is 11.4 Å². The van der Waals surface area contributed by atoms with Gasteiger partial charge < -0.3 is 4.57 Å². The molecule has 1 N–H and O–H groups in total. The fraction of sp³-hybridized carbons (Fsp3) is 0.389. The average Bonchev–Trinajstić information content (AvgIpc) is 3.09. The number of rotatable bonds is 5. The summed E-state index contributed by atoms with van der Waals surface area (Å²) in [6.07, 6.45) is -2.35. The van der Waals surface area contributed by atoms with E-state index in [9.17, 15) is 18.0 Å². The summed E-state index contributed by atoms with van der Waals surface area (Å²) < 4.78 is 42.8.